The van der Waals surface area contributed by atoms with E-state index in [2.05, 4.69) is 19.9 Å². The van der Waals surface area contributed by atoms with Crippen LogP contribution in [0.4, 0.5) is 0 Å². The molecule has 0 aromatic carbocycles. The van der Waals surface area contributed by atoms with Gasteiger partial charge in [-0.05, 0) is 57.6 Å². The lowest BCUT2D eigenvalue weighted by Gasteiger charge is -2.23. The first-order valence-electron chi connectivity index (χ1n) is 6.49. The minimum atomic E-state index is 0.166. The van der Waals surface area contributed by atoms with Crippen molar-refractivity contribution in [3.8, 4) is 0 Å². The molecule has 1 aliphatic rings. The third-order valence-corrected chi connectivity index (χ3v) is 5.21. The van der Waals surface area contributed by atoms with Crippen LogP contribution in [-0.2, 0) is 4.74 Å². The largest absolute Gasteiger partial charge is 0.378 e. The van der Waals surface area contributed by atoms with E-state index >= 15 is 0 Å². The van der Waals surface area contributed by atoms with Crippen molar-refractivity contribution in [2.45, 2.75) is 57.4 Å². The first-order valence-corrected chi connectivity index (χ1v) is 7.74. The van der Waals surface area contributed by atoms with E-state index < -0.39 is 0 Å². The second kappa shape index (κ2) is 6.21. The van der Waals surface area contributed by atoms with Gasteiger partial charge in [-0.25, -0.2) is 0 Å². The molecular formula is C14H21ClOS. The first-order chi connectivity index (χ1) is 8.16. The maximum absolute atomic E-state index is 6.50. The molecule has 1 saturated heterocycles. The second-order valence-electron chi connectivity index (χ2n) is 4.94. The Morgan fingerprint density at radius 3 is 2.88 bits per heavy atom. The van der Waals surface area contributed by atoms with Gasteiger partial charge in [-0.1, -0.05) is 0 Å². The number of halogens is 1. The summed E-state index contributed by atoms with van der Waals surface area (Å²) in [5.41, 5.74) is 1.34. The molecule has 0 radical (unpaired) electrons. The van der Waals surface area contributed by atoms with Crippen molar-refractivity contribution < 1.29 is 4.74 Å². The summed E-state index contributed by atoms with van der Waals surface area (Å²) in [5.74, 6) is 0. The van der Waals surface area contributed by atoms with E-state index in [1.54, 1.807) is 0 Å². The molecule has 1 nitrogen and oxygen atoms in total. The maximum atomic E-state index is 6.50. The summed E-state index contributed by atoms with van der Waals surface area (Å²) in [6.45, 7) is 5.25. The van der Waals surface area contributed by atoms with E-state index in [4.69, 9.17) is 16.3 Å². The van der Waals surface area contributed by atoms with E-state index in [0.717, 1.165) is 19.4 Å². The van der Waals surface area contributed by atoms with Crippen LogP contribution in [0.1, 0.15) is 52.8 Å². The standard InChI is InChI=1S/C14H21ClOS/c1-10-9-11(2)17-14(10)13(15)7-6-12-5-3-4-8-16-12/h9,12-13H,3-8H2,1-2H3. The molecule has 0 amide bonds. The Morgan fingerprint density at radius 1 is 1.47 bits per heavy atom. The highest BCUT2D eigenvalue weighted by Crippen LogP contribution is 2.35. The van der Waals surface area contributed by atoms with Gasteiger partial charge in [0.1, 0.15) is 0 Å². The lowest BCUT2D eigenvalue weighted by atomic mass is 10.0. The van der Waals surface area contributed by atoms with Crippen LogP contribution in [0.5, 0.6) is 0 Å². The number of aryl methyl sites for hydroxylation is 2. The van der Waals surface area contributed by atoms with Gasteiger partial charge in [0.05, 0.1) is 11.5 Å². The van der Waals surface area contributed by atoms with Crippen LogP contribution in [0.15, 0.2) is 6.07 Å². The summed E-state index contributed by atoms with van der Waals surface area (Å²) in [4.78, 5) is 2.71. The molecule has 0 N–H and O–H groups in total. The lowest BCUT2D eigenvalue weighted by Crippen LogP contribution is -2.19. The van der Waals surface area contributed by atoms with Crippen molar-refractivity contribution in [1.29, 1.82) is 0 Å². The Kier molecular flexibility index (Phi) is 4.89. The molecular weight excluding hydrogens is 252 g/mol. The maximum Gasteiger partial charge on any atom is 0.0682 e. The minimum Gasteiger partial charge on any atom is -0.378 e. The molecule has 1 fully saturated rings. The van der Waals surface area contributed by atoms with Gasteiger partial charge in [0.15, 0.2) is 0 Å². The number of hydrogen-bond acceptors (Lipinski definition) is 2. The van der Waals surface area contributed by atoms with Crippen LogP contribution < -0.4 is 0 Å². The smallest absolute Gasteiger partial charge is 0.0682 e. The van der Waals surface area contributed by atoms with Crippen molar-refractivity contribution in [3.05, 3.63) is 21.4 Å². The summed E-state index contributed by atoms with van der Waals surface area (Å²) >= 11 is 8.34. The summed E-state index contributed by atoms with van der Waals surface area (Å²) in [6, 6.07) is 2.23. The normalized spacial score (nSPS) is 22.6. The average molecular weight is 273 g/mol. The third kappa shape index (κ3) is 3.70. The van der Waals surface area contributed by atoms with Gasteiger partial charge in [-0.3, -0.25) is 0 Å². The van der Waals surface area contributed by atoms with Crippen LogP contribution in [0.2, 0.25) is 0 Å². The van der Waals surface area contributed by atoms with Crippen LogP contribution in [0.3, 0.4) is 0 Å². The van der Waals surface area contributed by atoms with Gasteiger partial charge in [0.2, 0.25) is 0 Å². The minimum absolute atomic E-state index is 0.166. The monoisotopic (exact) mass is 272 g/mol. The van der Waals surface area contributed by atoms with Gasteiger partial charge in [-0.15, -0.1) is 22.9 Å². The molecule has 1 aliphatic heterocycles. The summed E-state index contributed by atoms with van der Waals surface area (Å²) in [5, 5.41) is 0.166. The summed E-state index contributed by atoms with van der Waals surface area (Å²) in [7, 11) is 0. The van der Waals surface area contributed by atoms with Gasteiger partial charge in [0.25, 0.3) is 0 Å². The Balaban J connectivity index is 1.84. The lowest BCUT2D eigenvalue weighted by molar-refractivity contribution is 0.0100. The highest BCUT2D eigenvalue weighted by Gasteiger charge is 2.18. The van der Waals surface area contributed by atoms with E-state index in [-0.39, 0.29) is 5.38 Å². The van der Waals surface area contributed by atoms with E-state index in [1.165, 1.54) is 34.6 Å². The molecule has 2 heterocycles. The second-order valence-corrected chi connectivity index (χ2v) is 6.75. The van der Waals surface area contributed by atoms with Crippen LogP contribution in [0.25, 0.3) is 0 Å². The summed E-state index contributed by atoms with van der Waals surface area (Å²) in [6.07, 6.45) is 6.34. The Morgan fingerprint density at radius 2 is 2.29 bits per heavy atom. The predicted octanol–water partition coefficient (Wildman–Crippen LogP) is 4.99. The van der Waals surface area contributed by atoms with Crippen molar-refractivity contribution >= 4 is 22.9 Å². The van der Waals surface area contributed by atoms with Crippen LogP contribution in [0, 0.1) is 13.8 Å². The van der Waals surface area contributed by atoms with Crippen molar-refractivity contribution in [1.82, 2.24) is 0 Å². The summed E-state index contributed by atoms with van der Waals surface area (Å²) < 4.78 is 5.74. The Labute approximate surface area is 113 Å². The number of thiophene rings is 1. The fraction of sp³-hybridized carbons (Fsp3) is 0.714. The molecule has 1 aromatic heterocycles. The van der Waals surface area contributed by atoms with Crippen LogP contribution >= 0.6 is 22.9 Å². The zero-order chi connectivity index (χ0) is 12.3. The Bertz CT molecular complexity index is 355. The quantitative estimate of drug-likeness (QED) is 0.702. The number of rotatable bonds is 4. The zero-order valence-corrected chi connectivity index (χ0v) is 12.2. The zero-order valence-electron chi connectivity index (χ0n) is 10.7. The van der Waals surface area contributed by atoms with Gasteiger partial charge < -0.3 is 4.74 Å². The van der Waals surface area contributed by atoms with Crippen molar-refractivity contribution in [2.24, 2.45) is 0 Å². The van der Waals surface area contributed by atoms with E-state index in [0.29, 0.717) is 6.10 Å². The van der Waals surface area contributed by atoms with E-state index in [1.807, 2.05) is 11.3 Å². The number of alkyl halides is 1. The highest BCUT2D eigenvalue weighted by molar-refractivity contribution is 7.12. The van der Waals surface area contributed by atoms with Gasteiger partial charge in [-0.2, -0.15) is 0 Å². The highest BCUT2D eigenvalue weighted by atomic mass is 35.5. The average Bonchev–Trinajstić information content (AvgIpc) is 2.67. The van der Waals surface area contributed by atoms with E-state index in [9.17, 15) is 0 Å². The van der Waals surface area contributed by atoms with Crippen molar-refractivity contribution in [2.75, 3.05) is 6.61 Å². The predicted molar refractivity (Wildman–Crippen MR) is 75.2 cm³/mol. The molecule has 2 rings (SSSR count). The fourth-order valence-corrected chi connectivity index (χ4v) is 3.95. The molecule has 0 bridgehead atoms. The SMILES string of the molecule is Cc1cc(C)c(C(Cl)CCC2CCCCO2)s1. The molecule has 0 saturated carbocycles. The molecule has 2 atom stereocenters. The molecule has 1 aromatic rings. The van der Waals surface area contributed by atoms with Gasteiger partial charge >= 0.3 is 0 Å². The molecule has 0 aliphatic carbocycles. The van der Waals surface area contributed by atoms with Crippen molar-refractivity contribution in [3.63, 3.8) is 0 Å². The molecule has 17 heavy (non-hydrogen) atoms. The van der Waals surface area contributed by atoms with Crippen LogP contribution in [-0.4, -0.2) is 12.7 Å². The fourth-order valence-electron chi connectivity index (χ4n) is 2.47. The number of ether oxygens (including phenoxy) is 1. The molecule has 0 spiro atoms. The third-order valence-electron chi connectivity index (χ3n) is 3.38. The topological polar surface area (TPSA) is 9.23 Å². The first kappa shape index (κ1) is 13.4. The number of hydrogen-bond donors (Lipinski definition) is 0. The molecule has 2 unspecified atom stereocenters. The molecule has 3 heteroatoms. The Hall–Kier alpha value is -0.0500. The van der Waals surface area contributed by atoms with Gasteiger partial charge in [0, 0.05) is 16.4 Å². The molecule has 96 valence electrons.